The van der Waals surface area contributed by atoms with E-state index in [9.17, 15) is 9.59 Å². The lowest BCUT2D eigenvalue weighted by atomic mass is 10.00. The lowest BCUT2D eigenvalue weighted by Gasteiger charge is -2.12. The molecule has 162 valence electrons. The molecule has 3 aromatic carbocycles. The Balaban J connectivity index is 1.82. The summed E-state index contributed by atoms with van der Waals surface area (Å²) in [4.78, 5) is 24.5. The van der Waals surface area contributed by atoms with Gasteiger partial charge in [-0.2, -0.15) is 0 Å². The van der Waals surface area contributed by atoms with Gasteiger partial charge in [0, 0.05) is 16.0 Å². The van der Waals surface area contributed by atoms with Crippen molar-refractivity contribution < 1.29 is 19.1 Å². The standard InChI is InChI=1S/C27H24O4S/c1-17(2)26(28)30-22-11-6-19(7-12-22)21-10-15-24(25(16-21)32-5)20-8-13-23(14-9-20)31-27(29)18(3)4/h6-16H,1,3H2,2,4-5H3. The van der Waals surface area contributed by atoms with Crippen molar-refractivity contribution in [3.63, 3.8) is 0 Å². The molecule has 0 aliphatic heterocycles. The fourth-order valence-electron chi connectivity index (χ4n) is 2.92. The van der Waals surface area contributed by atoms with Crippen LogP contribution < -0.4 is 9.47 Å². The van der Waals surface area contributed by atoms with Crippen LogP contribution in [0, 0.1) is 0 Å². The summed E-state index contributed by atoms with van der Waals surface area (Å²) in [6, 6.07) is 21.1. The third-order valence-corrected chi connectivity index (χ3v) is 5.45. The molecule has 3 rings (SSSR count). The lowest BCUT2D eigenvalue weighted by molar-refractivity contribution is -0.130. The van der Waals surface area contributed by atoms with E-state index in [1.807, 2.05) is 30.5 Å². The maximum atomic E-state index is 11.7. The van der Waals surface area contributed by atoms with Crippen molar-refractivity contribution in [1.82, 2.24) is 0 Å². The van der Waals surface area contributed by atoms with E-state index < -0.39 is 11.9 Å². The smallest absolute Gasteiger partial charge is 0.338 e. The van der Waals surface area contributed by atoms with Gasteiger partial charge in [-0.3, -0.25) is 0 Å². The molecule has 5 heteroatoms. The van der Waals surface area contributed by atoms with E-state index in [0.717, 1.165) is 27.1 Å². The van der Waals surface area contributed by atoms with Gasteiger partial charge in [0.15, 0.2) is 0 Å². The van der Waals surface area contributed by atoms with Crippen LogP contribution in [0.25, 0.3) is 22.3 Å². The van der Waals surface area contributed by atoms with Crippen molar-refractivity contribution >= 4 is 23.7 Å². The van der Waals surface area contributed by atoms with Crippen molar-refractivity contribution in [2.45, 2.75) is 18.7 Å². The number of carbonyl (C=O) groups excluding carboxylic acids is 2. The predicted octanol–water partition coefficient (Wildman–Crippen LogP) is 6.71. The fraction of sp³-hybridized carbons (Fsp3) is 0.111. The molecule has 0 bridgehead atoms. The van der Waals surface area contributed by atoms with E-state index in [4.69, 9.17) is 9.47 Å². The minimum Gasteiger partial charge on any atom is -0.423 e. The van der Waals surface area contributed by atoms with Gasteiger partial charge >= 0.3 is 11.9 Å². The van der Waals surface area contributed by atoms with Crippen molar-refractivity contribution in [2.75, 3.05) is 6.26 Å². The Labute approximate surface area is 192 Å². The maximum absolute atomic E-state index is 11.7. The van der Waals surface area contributed by atoms with Gasteiger partial charge in [0.05, 0.1) is 0 Å². The molecule has 32 heavy (non-hydrogen) atoms. The first-order chi connectivity index (χ1) is 15.3. The molecule has 0 spiro atoms. The molecule has 0 fully saturated rings. The summed E-state index contributed by atoms with van der Waals surface area (Å²) in [6.07, 6.45) is 2.03. The summed E-state index contributed by atoms with van der Waals surface area (Å²) in [5.41, 5.74) is 4.91. The van der Waals surface area contributed by atoms with E-state index in [0.29, 0.717) is 22.6 Å². The molecule has 0 saturated heterocycles. The summed E-state index contributed by atoms with van der Waals surface area (Å²) in [7, 11) is 0. The third kappa shape index (κ3) is 5.56. The van der Waals surface area contributed by atoms with E-state index in [2.05, 4.69) is 31.4 Å². The highest BCUT2D eigenvalue weighted by Gasteiger charge is 2.10. The van der Waals surface area contributed by atoms with Crippen LogP contribution in [0.3, 0.4) is 0 Å². The van der Waals surface area contributed by atoms with Crippen molar-refractivity contribution in [1.29, 1.82) is 0 Å². The summed E-state index contributed by atoms with van der Waals surface area (Å²) in [6.45, 7) is 10.4. The molecule has 0 saturated carbocycles. The zero-order chi connectivity index (χ0) is 23.3. The molecular weight excluding hydrogens is 420 g/mol. The molecule has 0 heterocycles. The Bertz CT molecular complexity index is 1180. The molecule has 0 atom stereocenters. The van der Waals surface area contributed by atoms with Gasteiger partial charge in [0.1, 0.15) is 11.5 Å². The SMILES string of the molecule is C=C(C)C(=O)Oc1ccc(-c2ccc(-c3ccc(OC(=O)C(=C)C)cc3)c(SC)c2)cc1. The number of esters is 2. The topological polar surface area (TPSA) is 52.6 Å². The largest absolute Gasteiger partial charge is 0.423 e. The van der Waals surface area contributed by atoms with E-state index in [1.165, 1.54) is 0 Å². The molecule has 0 aliphatic carbocycles. The minimum absolute atomic E-state index is 0.358. The molecule has 0 unspecified atom stereocenters. The second-order valence-electron chi connectivity index (χ2n) is 7.30. The van der Waals surface area contributed by atoms with Crippen LogP contribution in [0.15, 0.2) is 95.9 Å². The quantitative estimate of drug-likeness (QED) is 0.176. The number of rotatable bonds is 7. The minimum atomic E-state index is -0.438. The van der Waals surface area contributed by atoms with Gasteiger partial charge in [0.25, 0.3) is 0 Å². The molecule has 0 radical (unpaired) electrons. The van der Waals surface area contributed by atoms with Gasteiger partial charge in [0.2, 0.25) is 0 Å². The molecule has 0 aromatic heterocycles. The Morgan fingerprint density at radius 1 is 0.688 bits per heavy atom. The highest BCUT2D eigenvalue weighted by atomic mass is 32.2. The molecule has 0 amide bonds. The number of hydrogen-bond donors (Lipinski definition) is 0. The summed E-state index contributed by atoms with van der Waals surface area (Å²) in [5, 5.41) is 0. The Hall–Kier alpha value is -3.57. The number of hydrogen-bond acceptors (Lipinski definition) is 5. The number of thioether (sulfide) groups is 1. The van der Waals surface area contributed by atoms with Crippen LogP contribution in [0.2, 0.25) is 0 Å². The Kier molecular flexibility index (Phi) is 7.33. The van der Waals surface area contributed by atoms with Gasteiger partial charge in [-0.25, -0.2) is 9.59 Å². The van der Waals surface area contributed by atoms with Crippen LogP contribution in [0.4, 0.5) is 0 Å². The summed E-state index contributed by atoms with van der Waals surface area (Å²) < 4.78 is 10.5. The lowest BCUT2D eigenvalue weighted by Crippen LogP contribution is -2.07. The van der Waals surface area contributed by atoms with Gasteiger partial charge in [-0.05, 0) is 72.7 Å². The summed E-state index contributed by atoms with van der Waals surface area (Å²) in [5.74, 6) is 0.0897. The average Bonchev–Trinajstić information content (AvgIpc) is 2.79. The third-order valence-electron chi connectivity index (χ3n) is 4.67. The fourth-order valence-corrected chi connectivity index (χ4v) is 3.57. The van der Waals surface area contributed by atoms with Crippen LogP contribution in [0.5, 0.6) is 11.5 Å². The number of ether oxygens (including phenoxy) is 2. The van der Waals surface area contributed by atoms with Gasteiger partial charge in [-0.15, -0.1) is 11.8 Å². The highest BCUT2D eigenvalue weighted by molar-refractivity contribution is 7.98. The second kappa shape index (κ2) is 10.2. The van der Waals surface area contributed by atoms with Crippen molar-refractivity contribution in [2.24, 2.45) is 0 Å². The first-order valence-electron chi connectivity index (χ1n) is 9.92. The second-order valence-corrected chi connectivity index (χ2v) is 8.15. The van der Waals surface area contributed by atoms with E-state index in [-0.39, 0.29) is 0 Å². The first kappa shape index (κ1) is 23.1. The van der Waals surface area contributed by atoms with Crippen molar-refractivity contribution in [3.8, 4) is 33.8 Å². The predicted molar refractivity (Wildman–Crippen MR) is 130 cm³/mol. The monoisotopic (exact) mass is 444 g/mol. The average molecular weight is 445 g/mol. The molecular formula is C27H24O4S. The molecule has 0 aliphatic rings. The van der Waals surface area contributed by atoms with Gasteiger partial charge in [-0.1, -0.05) is 49.6 Å². The summed E-state index contributed by atoms with van der Waals surface area (Å²) >= 11 is 1.66. The van der Waals surface area contributed by atoms with E-state index in [1.54, 1.807) is 49.9 Å². The maximum Gasteiger partial charge on any atom is 0.338 e. The number of benzene rings is 3. The van der Waals surface area contributed by atoms with Crippen LogP contribution in [-0.2, 0) is 9.59 Å². The zero-order valence-corrected chi connectivity index (χ0v) is 19.1. The van der Waals surface area contributed by atoms with Gasteiger partial charge < -0.3 is 9.47 Å². The van der Waals surface area contributed by atoms with Crippen LogP contribution >= 0.6 is 11.8 Å². The molecule has 3 aromatic rings. The Morgan fingerprint density at radius 3 is 1.56 bits per heavy atom. The van der Waals surface area contributed by atoms with E-state index >= 15 is 0 Å². The first-order valence-corrected chi connectivity index (χ1v) is 11.1. The molecule has 0 N–H and O–H groups in total. The van der Waals surface area contributed by atoms with Crippen LogP contribution in [-0.4, -0.2) is 18.2 Å². The Morgan fingerprint density at radius 2 is 1.12 bits per heavy atom. The van der Waals surface area contributed by atoms with Crippen LogP contribution in [0.1, 0.15) is 13.8 Å². The van der Waals surface area contributed by atoms with Crippen molar-refractivity contribution in [3.05, 3.63) is 91.0 Å². The highest BCUT2D eigenvalue weighted by Crippen LogP contribution is 2.35. The normalized spacial score (nSPS) is 10.3. The number of carbonyl (C=O) groups is 2. The zero-order valence-electron chi connectivity index (χ0n) is 18.3. The molecule has 4 nitrogen and oxygen atoms in total.